The number of benzene rings is 2. The predicted octanol–water partition coefficient (Wildman–Crippen LogP) is 2.82. The lowest BCUT2D eigenvalue weighted by atomic mass is 9.89. The van der Waals surface area contributed by atoms with Gasteiger partial charge in [0, 0.05) is 36.3 Å². The summed E-state index contributed by atoms with van der Waals surface area (Å²) in [5, 5.41) is 0. The van der Waals surface area contributed by atoms with Crippen molar-refractivity contribution in [2.24, 2.45) is 0 Å². The molecular weight excluding hydrogens is 300 g/mol. The van der Waals surface area contributed by atoms with Gasteiger partial charge in [-0.05, 0) is 37.1 Å². The first-order chi connectivity index (χ1) is 11.7. The number of carbonyl (C=O) groups excluding carboxylic acids is 2. The molecule has 4 heteroatoms. The van der Waals surface area contributed by atoms with Crippen LogP contribution in [0.15, 0.2) is 60.7 Å². The van der Waals surface area contributed by atoms with E-state index in [0.29, 0.717) is 13.1 Å². The number of fused-ring (bicyclic) bond motifs is 3. The van der Waals surface area contributed by atoms with E-state index < -0.39 is 0 Å². The number of hydrogen-bond acceptors (Lipinski definition) is 2. The molecule has 5 rings (SSSR count). The molecule has 0 saturated carbocycles. The van der Waals surface area contributed by atoms with E-state index in [1.54, 1.807) is 0 Å². The molecule has 3 aliphatic heterocycles. The average molecular weight is 320 g/mol. The van der Waals surface area contributed by atoms with Crippen LogP contribution in [0.2, 0.25) is 0 Å². The Bertz CT molecular complexity index is 679. The predicted molar refractivity (Wildman–Crippen MR) is 91.8 cm³/mol. The highest BCUT2D eigenvalue weighted by atomic mass is 16.2. The first-order valence-electron chi connectivity index (χ1n) is 8.46. The largest absolute Gasteiger partial charge is 0.332 e. The first-order valence-corrected chi connectivity index (χ1v) is 8.46. The number of rotatable bonds is 2. The zero-order valence-electron chi connectivity index (χ0n) is 13.5. The fraction of sp³-hybridized carbons (Fsp3) is 0.300. The summed E-state index contributed by atoms with van der Waals surface area (Å²) in [6, 6.07) is 19.1. The Hall–Kier alpha value is -2.62. The van der Waals surface area contributed by atoms with Crippen molar-refractivity contribution < 1.29 is 9.59 Å². The summed E-state index contributed by atoms with van der Waals surface area (Å²) in [7, 11) is 0. The second-order valence-electron chi connectivity index (χ2n) is 6.53. The molecule has 3 aliphatic rings. The number of amides is 2. The normalized spacial score (nSPS) is 22.5. The molecule has 0 unspecified atom stereocenters. The first kappa shape index (κ1) is 14.9. The van der Waals surface area contributed by atoms with Crippen LogP contribution >= 0.6 is 0 Å². The standard InChI is InChI=1S/C20H20N2O2/c23-19(15-7-3-1-4-8-15)21-13-18-12-11-17(21)14-22(18)20(24)16-9-5-2-6-10-16/h1-10,17-18H,11-14H2/t17-,18-/m1/s1. The molecule has 2 atom stereocenters. The Morgan fingerprint density at radius 2 is 1.04 bits per heavy atom. The molecule has 0 aromatic heterocycles. The molecule has 3 fully saturated rings. The van der Waals surface area contributed by atoms with E-state index in [4.69, 9.17) is 0 Å². The SMILES string of the molecule is O=C(c1ccccc1)N1C[C@H]2CC[C@@H]1CN2C(=O)c1ccccc1. The number of hydrogen-bond donors (Lipinski definition) is 0. The molecule has 3 heterocycles. The van der Waals surface area contributed by atoms with Crippen LogP contribution in [0.3, 0.4) is 0 Å². The second-order valence-corrected chi connectivity index (χ2v) is 6.53. The Morgan fingerprint density at radius 1 is 0.667 bits per heavy atom. The van der Waals surface area contributed by atoms with Crippen molar-refractivity contribution in [2.75, 3.05) is 13.1 Å². The average Bonchev–Trinajstić information content (AvgIpc) is 2.68. The molecule has 0 radical (unpaired) electrons. The molecule has 2 aromatic carbocycles. The highest BCUT2D eigenvalue weighted by Gasteiger charge is 2.43. The maximum absolute atomic E-state index is 12.8. The third kappa shape index (κ3) is 2.58. The second kappa shape index (κ2) is 6.11. The van der Waals surface area contributed by atoms with Gasteiger partial charge in [-0.15, -0.1) is 0 Å². The Morgan fingerprint density at radius 3 is 1.38 bits per heavy atom. The lowest BCUT2D eigenvalue weighted by Gasteiger charge is -2.51. The molecule has 2 amide bonds. The zero-order valence-corrected chi connectivity index (χ0v) is 13.5. The quantitative estimate of drug-likeness (QED) is 0.854. The van der Waals surface area contributed by atoms with Crippen LogP contribution in [0.25, 0.3) is 0 Å². The van der Waals surface area contributed by atoms with E-state index in [1.165, 1.54) is 0 Å². The van der Waals surface area contributed by atoms with Crippen LogP contribution in [-0.4, -0.2) is 46.8 Å². The lowest BCUT2D eigenvalue weighted by Crippen LogP contribution is -2.65. The zero-order chi connectivity index (χ0) is 16.5. The van der Waals surface area contributed by atoms with Crippen LogP contribution in [0, 0.1) is 0 Å². The van der Waals surface area contributed by atoms with Crippen molar-refractivity contribution in [3.63, 3.8) is 0 Å². The van der Waals surface area contributed by atoms with E-state index >= 15 is 0 Å². The molecule has 122 valence electrons. The van der Waals surface area contributed by atoms with Crippen molar-refractivity contribution in [1.82, 2.24) is 9.80 Å². The van der Waals surface area contributed by atoms with E-state index in [9.17, 15) is 9.59 Å². The van der Waals surface area contributed by atoms with Gasteiger partial charge in [0.05, 0.1) is 0 Å². The minimum atomic E-state index is 0.0807. The van der Waals surface area contributed by atoms with Crippen LogP contribution in [0.4, 0.5) is 0 Å². The summed E-state index contributed by atoms with van der Waals surface area (Å²) in [6.45, 7) is 1.27. The third-order valence-corrected chi connectivity index (χ3v) is 5.09. The van der Waals surface area contributed by atoms with Gasteiger partial charge < -0.3 is 9.80 Å². The van der Waals surface area contributed by atoms with Crippen molar-refractivity contribution >= 4 is 11.8 Å². The highest BCUT2D eigenvalue weighted by molar-refractivity contribution is 5.96. The Labute approximate surface area is 141 Å². The fourth-order valence-corrected chi connectivity index (χ4v) is 3.82. The summed E-state index contributed by atoms with van der Waals surface area (Å²) < 4.78 is 0. The maximum atomic E-state index is 12.8. The molecule has 0 N–H and O–H groups in total. The van der Waals surface area contributed by atoms with Crippen molar-refractivity contribution in [2.45, 2.75) is 24.9 Å². The van der Waals surface area contributed by atoms with Gasteiger partial charge in [0.1, 0.15) is 0 Å². The number of nitrogens with zero attached hydrogens (tertiary/aromatic N) is 2. The number of carbonyl (C=O) groups is 2. The highest BCUT2D eigenvalue weighted by Crippen LogP contribution is 2.31. The maximum Gasteiger partial charge on any atom is 0.254 e. The van der Waals surface area contributed by atoms with E-state index in [-0.39, 0.29) is 23.9 Å². The topological polar surface area (TPSA) is 40.6 Å². The van der Waals surface area contributed by atoms with E-state index in [2.05, 4.69) is 0 Å². The van der Waals surface area contributed by atoms with Gasteiger partial charge in [-0.3, -0.25) is 9.59 Å². The summed E-state index contributed by atoms with van der Waals surface area (Å²) in [5.41, 5.74) is 1.46. The number of piperidine rings is 2. The van der Waals surface area contributed by atoms with E-state index in [1.807, 2.05) is 70.5 Å². The monoisotopic (exact) mass is 320 g/mol. The van der Waals surface area contributed by atoms with Gasteiger partial charge in [0.15, 0.2) is 0 Å². The molecule has 3 saturated heterocycles. The van der Waals surface area contributed by atoms with Crippen LogP contribution in [-0.2, 0) is 0 Å². The molecule has 0 spiro atoms. The van der Waals surface area contributed by atoms with Crippen LogP contribution in [0.5, 0.6) is 0 Å². The lowest BCUT2D eigenvalue weighted by molar-refractivity contribution is -0.00607. The van der Waals surface area contributed by atoms with Gasteiger partial charge in [-0.25, -0.2) is 0 Å². The Balaban J connectivity index is 1.52. The van der Waals surface area contributed by atoms with Gasteiger partial charge in [-0.2, -0.15) is 0 Å². The van der Waals surface area contributed by atoms with Gasteiger partial charge in [0.25, 0.3) is 11.8 Å². The summed E-state index contributed by atoms with van der Waals surface area (Å²) in [4.78, 5) is 29.4. The molecule has 0 aliphatic carbocycles. The van der Waals surface area contributed by atoms with Crippen LogP contribution in [0.1, 0.15) is 33.6 Å². The van der Waals surface area contributed by atoms with Crippen molar-refractivity contribution in [1.29, 1.82) is 0 Å². The summed E-state index contributed by atoms with van der Waals surface area (Å²) >= 11 is 0. The van der Waals surface area contributed by atoms with Crippen molar-refractivity contribution in [3.05, 3.63) is 71.8 Å². The third-order valence-electron chi connectivity index (χ3n) is 5.09. The summed E-state index contributed by atoms with van der Waals surface area (Å²) in [5.74, 6) is 0.161. The van der Waals surface area contributed by atoms with E-state index in [0.717, 1.165) is 24.0 Å². The molecule has 4 nitrogen and oxygen atoms in total. The minimum absolute atomic E-state index is 0.0807. The summed E-state index contributed by atoms with van der Waals surface area (Å²) in [6.07, 6.45) is 1.95. The van der Waals surface area contributed by atoms with Crippen molar-refractivity contribution in [3.8, 4) is 0 Å². The van der Waals surface area contributed by atoms with Crippen LogP contribution < -0.4 is 0 Å². The minimum Gasteiger partial charge on any atom is -0.332 e. The van der Waals surface area contributed by atoms with Gasteiger partial charge in [0.2, 0.25) is 0 Å². The smallest absolute Gasteiger partial charge is 0.254 e. The van der Waals surface area contributed by atoms with Gasteiger partial charge >= 0.3 is 0 Å². The molecule has 24 heavy (non-hydrogen) atoms. The molecule has 2 aromatic rings. The molecule has 2 bridgehead atoms. The Kier molecular flexibility index (Phi) is 3.81. The number of piperazine rings is 1. The van der Waals surface area contributed by atoms with Gasteiger partial charge in [-0.1, -0.05) is 36.4 Å². The molecular formula is C20H20N2O2. The fourth-order valence-electron chi connectivity index (χ4n) is 3.82.